The molecule has 0 aliphatic carbocycles. The van der Waals surface area contributed by atoms with E-state index in [2.05, 4.69) is 10.2 Å². The van der Waals surface area contributed by atoms with Gasteiger partial charge in [0.1, 0.15) is 17.1 Å². The molecular weight excluding hydrogens is 567 g/mol. The summed E-state index contributed by atoms with van der Waals surface area (Å²) >= 11 is 12.0. The van der Waals surface area contributed by atoms with Gasteiger partial charge < -0.3 is 9.52 Å². The number of carbonyl (C=O) groups excluding carboxylic acids is 2. The van der Waals surface area contributed by atoms with Crippen LogP contribution in [0.1, 0.15) is 26.3 Å². The second-order valence-corrected chi connectivity index (χ2v) is 10.1. The summed E-state index contributed by atoms with van der Waals surface area (Å²) in [6.45, 7) is 1.71. The molecule has 0 fully saturated rings. The van der Waals surface area contributed by atoms with Crippen molar-refractivity contribution < 1.29 is 19.1 Å². The minimum atomic E-state index is -0.645. The molecule has 41 heavy (non-hydrogen) atoms. The normalized spacial score (nSPS) is 11.2. The molecule has 11 heteroatoms. The monoisotopic (exact) mass is 584 g/mol. The molecule has 9 nitrogen and oxygen atoms in total. The first-order valence-electron chi connectivity index (χ1n) is 12.2. The number of nitrogens with zero attached hydrogens (tertiary/aromatic N) is 4. The van der Waals surface area contributed by atoms with Crippen molar-refractivity contribution in [3.63, 3.8) is 0 Å². The fourth-order valence-electron chi connectivity index (χ4n) is 4.64. The van der Waals surface area contributed by atoms with Gasteiger partial charge in [-0.3, -0.25) is 9.59 Å². The number of aromatic hydroxyl groups is 1. The fraction of sp³-hybridized carbons (Fsp3) is 0.0333. The lowest BCUT2D eigenvalue weighted by Gasteiger charge is -2.12. The van der Waals surface area contributed by atoms with E-state index < -0.39 is 5.63 Å². The van der Waals surface area contributed by atoms with E-state index in [1.807, 2.05) is 0 Å². The van der Waals surface area contributed by atoms with Crippen molar-refractivity contribution >= 4 is 46.7 Å². The zero-order valence-corrected chi connectivity index (χ0v) is 22.7. The Kier molecular flexibility index (Phi) is 6.53. The highest BCUT2D eigenvalue weighted by Gasteiger charge is 2.26. The standard InChI is InChI=1S/C30H18Cl2N4O5/c1-16-10-25(39)41-30-23(16)11-24(27-17(14-37)12-35(33-27)21-6-2-19(31)3-7-21)29(40)26(30)28-18(15-38)13-36(34-28)22-8-4-20(32)5-9-22/h2-15,40H,1H3. The van der Waals surface area contributed by atoms with E-state index in [9.17, 15) is 19.5 Å². The van der Waals surface area contributed by atoms with Gasteiger partial charge in [-0.25, -0.2) is 14.2 Å². The molecule has 0 bridgehead atoms. The van der Waals surface area contributed by atoms with Crippen LogP contribution < -0.4 is 5.63 Å². The number of phenolic OH excluding ortho intramolecular Hbond substituents is 1. The third-order valence-corrected chi connectivity index (χ3v) is 7.13. The van der Waals surface area contributed by atoms with Crippen LogP contribution in [0.5, 0.6) is 5.75 Å². The van der Waals surface area contributed by atoms with Crippen LogP contribution in [0.2, 0.25) is 10.0 Å². The van der Waals surface area contributed by atoms with Crippen LogP contribution in [0.3, 0.4) is 0 Å². The Morgan fingerprint density at radius 1 is 0.805 bits per heavy atom. The Morgan fingerprint density at radius 3 is 1.85 bits per heavy atom. The average molecular weight is 585 g/mol. The van der Waals surface area contributed by atoms with Crippen molar-refractivity contribution in [2.24, 2.45) is 0 Å². The summed E-state index contributed by atoms with van der Waals surface area (Å²) in [7, 11) is 0. The lowest BCUT2D eigenvalue weighted by Crippen LogP contribution is -2.01. The molecule has 3 heterocycles. The number of hydrogen-bond donors (Lipinski definition) is 1. The van der Waals surface area contributed by atoms with Crippen LogP contribution in [0.25, 0.3) is 44.9 Å². The third-order valence-electron chi connectivity index (χ3n) is 6.63. The van der Waals surface area contributed by atoms with Crippen molar-refractivity contribution in [3.8, 4) is 39.6 Å². The highest BCUT2D eigenvalue weighted by atomic mass is 35.5. The maximum atomic E-state index is 12.4. The number of aromatic nitrogens is 4. The fourth-order valence-corrected chi connectivity index (χ4v) is 4.89. The number of aryl methyl sites for hydroxylation is 1. The van der Waals surface area contributed by atoms with E-state index in [1.165, 1.54) is 27.8 Å². The van der Waals surface area contributed by atoms with Gasteiger partial charge in [-0.2, -0.15) is 10.2 Å². The summed E-state index contributed by atoms with van der Waals surface area (Å²) in [6, 6.07) is 16.5. The molecule has 0 amide bonds. The molecular formula is C30H18Cl2N4O5. The van der Waals surface area contributed by atoms with Crippen LogP contribution in [0.4, 0.5) is 0 Å². The number of aldehydes is 2. The van der Waals surface area contributed by atoms with E-state index in [1.54, 1.807) is 61.5 Å². The maximum Gasteiger partial charge on any atom is 0.336 e. The van der Waals surface area contributed by atoms with Gasteiger partial charge in [0, 0.05) is 39.5 Å². The summed E-state index contributed by atoms with van der Waals surface area (Å²) in [6.07, 6.45) is 4.23. The zero-order valence-electron chi connectivity index (χ0n) is 21.2. The molecule has 0 unspecified atom stereocenters. The summed E-state index contributed by atoms with van der Waals surface area (Å²) < 4.78 is 8.51. The maximum absolute atomic E-state index is 12.4. The van der Waals surface area contributed by atoms with Gasteiger partial charge in [0.05, 0.1) is 28.1 Å². The summed E-state index contributed by atoms with van der Waals surface area (Å²) in [5.74, 6) is -0.375. The third kappa shape index (κ3) is 4.61. The van der Waals surface area contributed by atoms with Crippen molar-refractivity contribution in [3.05, 3.63) is 110 Å². The summed E-state index contributed by atoms with van der Waals surface area (Å²) in [5.41, 5.74) is 1.92. The van der Waals surface area contributed by atoms with Crippen LogP contribution >= 0.6 is 23.2 Å². The van der Waals surface area contributed by atoms with Gasteiger partial charge in [0.2, 0.25) is 0 Å². The van der Waals surface area contributed by atoms with Gasteiger partial charge in [-0.15, -0.1) is 0 Å². The van der Waals surface area contributed by atoms with Crippen LogP contribution in [-0.2, 0) is 0 Å². The highest BCUT2D eigenvalue weighted by molar-refractivity contribution is 6.30. The molecule has 0 spiro atoms. The second kappa shape index (κ2) is 10.2. The molecule has 0 atom stereocenters. The van der Waals surface area contributed by atoms with Gasteiger partial charge >= 0.3 is 5.63 Å². The first-order chi connectivity index (χ1) is 19.8. The lowest BCUT2D eigenvalue weighted by atomic mass is 9.95. The molecule has 202 valence electrons. The Morgan fingerprint density at radius 2 is 1.32 bits per heavy atom. The Labute approximate surface area is 241 Å². The molecule has 0 aliphatic rings. The quantitative estimate of drug-likeness (QED) is 0.176. The molecule has 6 aromatic rings. The molecule has 0 saturated carbocycles. The van der Waals surface area contributed by atoms with E-state index >= 15 is 0 Å². The number of benzene rings is 3. The number of carbonyl (C=O) groups is 2. The first kappa shape index (κ1) is 26.2. The Bertz CT molecular complexity index is 2040. The molecule has 3 aromatic carbocycles. The van der Waals surface area contributed by atoms with E-state index in [-0.39, 0.29) is 45.0 Å². The van der Waals surface area contributed by atoms with Crippen LogP contribution in [0, 0.1) is 6.92 Å². The van der Waals surface area contributed by atoms with E-state index in [4.69, 9.17) is 27.6 Å². The smallest absolute Gasteiger partial charge is 0.336 e. The summed E-state index contributed by atoms with van der Waals surface area (Å²) in [4.78, 5) is 36.8. The zero-order chi connectivity index (χ0) is 28.8. The predicted octanol–water partition coefficient (Wildman–Crippen LogP) is 6.44. The van der Waals surface area contributed by atoms with E-state index in [0.717, 1.165) is 0 Å². The topological polar surface area (TPSA) is 120 Å². The van der Waals surface area contributed by atoms with Crippen molar-refractivity contribution in [1.82, 2.24) is 19.6 Å². The minimum absolute atomic E-state index is 0.00556. The Hall–Kier alpha value is -4.99. The molecule has 3 aromatic heterocycles. The Balaban J connectivity index is 1.64. The predicted molar refractivity (Wildman–Crippen MR) is 155 cm³/mol. The molecule has 6 rings (SSSR count). The lowest BCUT2D eigenvalue weighted by molar-refractivity contribution is 0.111. The van der Waals surface area contributed by atoms with Gasteiger partial charge in [0.15, 0.2) is 18.2 Å². The van der Waals surface area contributed by atoms with Gasteiger partial charge in [0.25, 0.3) is 0 Å². The molecule has 0 radical (unpaired) electrons. The van der Waals surface area contributed by atoms with E-state index in [0.29, 0.717) is 44.9 Å². The molecule has 0 saturated heterocycles. The van der Waals surface area contributed by atoms with Gasteiger partial charge in [-0.1, -0.05) is 23.2 Å². The SMILES string of the molecule is Cc1cc(=O)oc2c(-c3nn(-c4ccc(Cl)cc4)cc3C=O)c(O)c(-c3nn(-c4ccc(Cl)cc4)cc3C=O)cc12. The number of halogens is 2. The number of phenols is 1. The minimum Gasteiger partial charge on any atom is -0.506 e. The van der Waals surface area contributed by atoms with Crippen molar-refractivity contribution in [1.29, 1.82) is 0 Å². The highest BCUT2D eigenvalue weighted by Crippen LogP contribution is 2.44. The number of rotatable bonds is 6. The van der Waals surface area contributed by atoms with Crippen LogP contribution in [0.15, 0.2) is 82.3 Å². The number of hydrogen-bond acceptors (Lipinski definition) is 7. The van der Waals surface area contributed by atoms with Crippen LogP contribution in [-0.4, -0.2) is 37.2 Å². The summed E-state index contributed by atoms with van der Waals surface area (Å²) in [5, 5.41) is 22.4. The largest absolute Gasteiger partial charge is 0.506 e. The first-order valence-corrected chi connectivity index (χ1v) is 13.0. The van der Waals surface area contributed by atoms with Gasteiger partial charge in [-0.05, 0) is 67.1 Å². The van der Waals surface area contributed by atoms with Crippen molar-refractivity contribution in [2.75, 3.05) is 0 Å². The van der Waals surface area contributed by atoms with Crippen molar-refractivity contribution in [2.45, 2.75) is 6.92 Å². The number of fused-ring (bicyclic) bond motifs is 1. The molecule has 1 N–H and O–H groups in total. The average Bonchev–Trinajstić information content (AvgIpc) is 3.58. The second-order valence-electron chi connectivity index (χ2n) is 9.22. The molecule has 0 aliphatic heterocycles.